The Bertz CT molecular complexity index is 697. The van der Waals surface area contributed by atoms with Crippen LogP contribution in [0, 0.1) is 10.1 Å². The Morgan fingerprint density at radius 3 is 2.57 bits per heavy atom. The lowest BCUT2D eigenvalue weighted by molar-refractivity contribution is -0.384. The lowest BCUT2D eigenvalue weighted by Crippen LogP contribution is -2.30. The second-order valence-electron chi connectivity index (χ2n) is 4.68. The number of nitro groups is 1. The number of non-ortho nitro benzene ring substituents is 1. The topological polar surface area (TPSA) is 98.5 Å². The molecule has 7 nitrogen and oxygen atoms in total. The van der Waals surface area contributed by atoms with Crippen LogP contribution in [0.5, 0.6) is 0 Å². The summed E-state index contributed by atoms with van der Waals surface area (Å²) in [5.74, 6) is -1.13. The fraction of sp³-hybridized carbons (Fsp3) is 0.200. The van der Waals surface area contributed by atoms with Gasteiger partial charge < -0.3 is 10.1 Å². The summed E-state index contributed by atoms with van der Waals surface area (Å²) in [6, 6.07) is 8.60. The number of amides is 1. The Kier molecular flexibility index (Phi) is 5.42. The van der Waals surface area contributed by atoms with E-state index in [1.807, 2.05) is 24.4 Å². The highest BCUT2D eigenvalue weighted by Crippen LogP contribution is 2.18. The van der Waals surface area contributed by atoms with Gasteiger partial charge in [0.1, 0.15) is 0 Å². The second-order valence-corrected chi connectivity index (χ2v) is 5.66. The van der Waals surface area contributed by atoms with Crippen molar-refractivity contribution in [1.29, 1.82) is 0 Å². The summed E-state index contributed by atoms with van der Waals surface area (Å²) in [6.45, 7) is 1.42. The molecule has 1 aromatic carbocycles. The molecule has 0 aliphatic carbocycles. The van der Waals surface area contributed by atoms with Gasteiger partial charge in [0.25, 0.3) is 11.6 Å². The fourth-order valence-electron chi connectivity index (χ4n) is 1.83. The Balaban J connectivity index is 1.83. The molecule has 2 aromatic rings. The zero-order valence-corrected chi connectivity index (χ0v) is 13.0. The van der Waals surface area contributed by atoms with E-state index in [0.29, 0.717) is 0 Å². The summed E-state index contributed by atoms with van der Waals surface area (Å²) >= 11 is 1.52. The number of nitro benzene ring substituents is 1. The minimum Gasteiger partial charge on any atom is -0.452 e. The number of nitrogens with one attached hydrogen (secondary N) is 1. The van der Waals surface area contributed by atoms with Crippen LogP contribution >= 0.6 is 11.3 Å². The fourth-order valence-corrected chi connectivity index (χ4v) is 2.56. The van der Waals surface area contributed by atoms with E-state index in [1.165, 1.54) is 35.6 Å². The van der Waals surface area contributed by atoms with Crippen molar-refractivity contribution in [2.75, 3.05) is 6.61 Å². The van der Waals surface area contributed by atoms with Gasteiger partial charge in [-0.15, -0.1) is 11.3 Å². The molecule has 0 radical (unpaired) electrons. The van der Waals surface area contributed by atoms with Crippen molar-refractivity contribution >= 4 is 28.9 Å². The Morgan fingerprint density at radius 2 is 2.00 bits per heavy atom. The smallest absolute Gasteiger partial charge is 0.338 e. The molecule has 1 heterocycles. The zero-order chi connectivity index (χ0) is 16.8. The number of esters is 1. The van der Waals surface area contributed by atoms with Gasteiger partial charge in [-0.25, -0.2) is 4.79 Å². The van der Waals surface area contributed by atoms with Crippen LogP contribution in [0.25, 0.3) is 0 Å². The summed E-state index contributed by atoms with van der Waals surface area (Å²) in [5, 5.41) is 15.2. The maximum absolute atomic E-state index is 11.8. The van der Waals surface area contributed by atoms with Crippen LogP contribution < -0.4 is 5.32 Å². The molecular weight excluding hydrogens is 320 g/mol. The first-order valence-electron chi connectivity index (χ1n) is 6.71. The third-order valence-electron chi connectivity index (χ3n) is 3.00. The number of carbonyl (C=O) groups is 2. The molecule has 1 atom stereocenters. The monoisotopic (exact) mass is 334 g/mol. The van der Waals surface area contributed by atoms with Crippen molar-refractivity contribution in [3.63, 3.8) is 0 Å². The molecule has 120 valence electrons. The minimum absolute atomic E-state index is 0.121. The SMILES string of the molecule is C[C@@H](NC(=O)COC(=O)c1ccc([N+](=O)[O-])cc1)c1cccs1. The van der Waals surface area contributed by atoms with Crippen LogP contribution in [0.15, 0.2) is 41.8 Å². The zero-order valence-electron chi connectivity index (χ0n) is 12.2. The van der Waals surface area contributed by atoms with Gasteiger partial charge in [0.15, 0.2) is 6.61 Å². The predicted octanol–water partition coefficient (Wildman–Crippen LogP) is 2.69. The molecular formula is C15H14N2O5S. The maximum Gasteiger partial charge on any atom is 0.338 e. The molecule has 0 aliphatic heterocycles. The third kappa shape index (κ3) is 4.62. The van der Waals surface area contributed by atoms with Crippen molar-refractivity contribution < 1.29 is 19.2 Å². The average molecular weight is 334 g/mol. The Labute approximate surface area is 136 Å². The van der Waals surface area contributed by atoms with Crippen molar-refractivity contribution in [2.24, 2.45) is 0 Å². The van der Waals surface area contributed by atoms with Crippen LogP contribution in [-0.2, 0) is 9.53 Å². The molecule has 0 saturated carbocycles. The molecule has 0 spiro atoms. The van der Waals surface area contributed by atoms with Crippen molar-refractivity contribution in [2.45, 2.75) is 13.0 Å². The van der Waals surface area contributed by atoms with Gasteiger partial charge in [0.05, 0.1) is 16.5 Å². The summed E-state index contributed by atoms with van der Waals surface area (Å²) in [4.78, 5) is 34.5. The number of thiophene rings is 1. The molecule has 0 unspecified atom stereocenters. The molecule has 8 heteroatoms. The van der Waals surface area contributed by atoms with E-state index in [0.717, 1.165) is 4.88 Å². The van der Waals surface area contributed by atoms with Gasteiger partial charge in [0, 0.05) is 17.0 Å². The molecule has 23 heavy (non-hydrogen) atoms. The van der Waals surface area contributed by atoms with Crippen LogP contribution in [0.3, 0.4) is 0 Å². The molecule has 0 fully saturated rings. The van der Waals surface area contributed by atoms with Gasteiger partial charge in [-0.2, -0.15) is 0 Å². The van der Waals surface area contributed by atoms with Crippen LogP contribution in [0.4, 0.5) is 5.69 Å². The second kappa shape index (κ2) is 7.50. The van der Waals surface area contributed by atoms with Crippen LogP contribution in [-0.4, -0.2) is 23.4 Å². The highest BCUT2D eigenvalue weighted by atomic mass is 32.1. The summed E-state index contributed by atoms with van der Waals surface area (Å²) in [7, 11) is 0. The van der Waals surface area contributed by atoms with E-state index in [1.54, 1.807) is 0 Å². The molecule has 2 rings (SSSR count). The highest BCUT2D eigenvalue weighted by molar-refractivity contribution is 7.10. The van der Waals surface area contributed by atoms with E-state index >= 15 is 0 Å². The Morgan fingerprint density at radius 1 is 1.30 bits per heavy atom. The van der Waals surface area contributed by atoms with E-state index in [9.17, 15) is 19.7 Å². The largest absolute Gasteiger partial charge is 0.452 e. The van der Waals surface area contributed by atoms with Gasteiger partial charge >= 0.3 is 5.97 Å². The predicted molar refractivity (Wildman–Crippen MR) is 84.3 cm³/mol. The highest BCUT2D eigenvalue weighted by Gasteiger charge is 2.14. The number of ether oxygens (including phenoxy) is 1. The number of hydrogen-bond donors (Lipinski definition) is 1. The number of benzene rings is 1. The Hall–Kier alpha value is -2.74. The average Bonchev–Trinajstić information content (AvgIpc) is 3.07. The van der Waals surface area contributed by atoms with Gasteiger partial charge in [-0.3, -0.25) is 14.9 Å². The number of hydrogen-bond acceptors (Lipinski definition) is 6. The number of nitrogens with zero attached hydrogens (tertiary/aromatic N) is 1. The summed E-state index contributed by atoms with van der Waals surface area (Å²) in [5.41, 5.74) is 0.0266. The summed E-state index contributed by atoms with van der Waals surface area (Å²) < 4.78 is 4.89. The van der Waals surface area contributed by atoms with E-state index in [-0.39, 0.29) is 17.3 Å². The third-order valence-corrected chi connectivity index (χ3v) is 4.05. The molecule has 1 N–H and O–H groups in total. The number of rotatable bonds is 6. The van der Waals surface area contributed by atoms with E-state index in [2.05, 4.69) is 5.32 Å². The van der Waals surface area contributed by atoms with E-state index < -0.39 is 23.4 Å². The first kappa shape index (κ1) is 16.6. The maximum atomic E-state index is 11.8. The molecule has 0 saturated heterocycles. The van der Waals surface area contributed by atoms with Gasteiger partial charge in [-0.1, -0.05) is 6.07 Å². The van der Waals surface area contributed by atoms with E-state index in [4.69, 9.17) is 4.74 Å². The first-order chi connectivity index (χ1) is 11.0. The molecule has 1 amide bonds. The van der Waals surface area contributed by atoms with Crippen molar-refractivity contribution in [3.05, 3.63) is 62.3 Å². The standard InChI is InChI=1S/C15H14N2O5S/c1-10(13-3-2-8-23-13)16-14(18)9-22-15(19)11-4-6-12(7-5-11)17(20)21/h2-8,10H,9H2,1H3,(H,16,18)/t10-/m1/s1. The van der Waals surface area contributed by atoms with Crippen LogP contribution in [0.2, 0.25) is 0 Å². The normalized spacial score (nSPS) is 11.5. The first-order valence-corrected chi connectivity index (χ1v) is 7.59. The van der Waals surface area contributed by atoms with Crippen LogP contribution in [0.1, 0.15) is 28.2 Å². The van der Waals surface area contributed by atoms with Crippen molar-refractivity contribution in [3.8, 4) is 0 Å². The molecule has 1 aromatic heterocycles. The molecule has 0 aliphatic rings. The minimum atomic E-state index is -0.709. The lowest BCUT2D eigenvalue weighted by Gasteiger charge is -2.12. The van der Waals surface area contributed by atoms with Gasteiger partial charge in [0.2, 0.25) is 0 Å². The quantitative estimate of drug-likeness (QED) is 0.497. The number of carbonyl (C=O) groups excluding carboxylic acids is 2. The molecule has 0 bridgehead atoms. The van der Waals surface area contributed by atoms with Gasteiger partial charge in [-0.05, 0) is 30.5 Å². The summed E-state index contributed by atoms with van der Waals surface area (Å²) in [6.07, 6.45) is 0. The lowest BCUT2D eigenvalue weighted by atomic mass is 10.2. The van der Waals surface area contributed by atoms with Crippen molar-refractivity contribution in [1.82, 2.24) is 5.32 Å².